The van der Waals surface area contributed by atoms with Gasteiger partial charge in [0.2, 0.25) is 0 Å². The number of nitrogens with one attached hydrogen (secondary N) is 2. The number of aryl methyl sites for hydroxylation is 1. The van der Waals surface area contributed by atoms with Crippen LogP contribution in [0.25, 0.3) is 11.0 Å². The Labute approximate surface area is 206 Å². The average Bonchev–Trinajstić information content (AvgIpc) is 3.48. The monoisotopic (exact) mass is 515 g/mol. The summed E-state index contributed by atoms with van der Waals surface area (Å²) in [6, 6.07) is 8.41. The molecule has 1 amide bonds. The Morgan fingerprint density at radius 3 is 2.58 bits per heavy atom. The van der Waals surface area contributed by atoms with E-state index in [9.17, 15) is 13.2 Å². The Hall–Kier alpha value is -4.26. The molecule has 190 valence electrons. The molecule has 0 radical (unpaired) electrons. The highest BCUT2D eigenvalue weighted by atomic mass is 32.2. The van der Waals surface area contributed by atoms with Crippen molar-refractivity contribution in [1.82, 2.24) is 20.3 Å². The number of methoxy groups -OCH3 is 2. The molecule has 2 heterocycles. The van der Waals surface area contributed by atoms with Gasteiger partial charge in [-0.2, -0.15) is 5.10 Å². The number of aromatic nitrogens is 3. The van der Waals surface area contributed by atoms with Gasteiger partial charge in [0.25, 0.3) is 10.0 Å². The van der Waals surface area contributed by atoms with E-state index in [0.717, 1.165) is 11.1 Å². The molecular formula is C23H25N5O7S. The maximum Gasteiger partial charge on any atom is 0.404 e. The van der Waals surface area contributed by atoms with Crippen molar-refractivity contribution in [2.75, 3.05) is 18.9 Å². The van der Waals surface area contributed by atoms with E-state index in [1.165, 1.54) is 14.2 Å². The Morgan fingerprint density at radius 1 is 1.11 bits per heavy atom. The number of carboxylic acid groups (broad SMARTS) is 1. The van der Waals surface area contributed by atoms with E-state index in [-0.39, 0.29) is 23.0 Å². The lowest BCUT2D eigenvalue weighted by Crippen LogP contribution is -2.19. The van der Waals surface area contributed by atoms with E-state index >= 15 is 0 Å². The summed E-state index contributed by atoms with van der Waals surface area (Å²) in [5, 5.41) is 19.6. The summed E-state index contributed by atoms with van der Waals surface area (Å²) in [7, 11) is -1.19. The number of amides is 1. The first-order chi connectivity index (χ1) is 17.2. The highest BCUT2D eigenvalue weighted by molar-refractivity contribution is 7.92. The SMILES string of the molecule is CCc1ccc(OC)c(S(=O)(=O)Nc2noc3cc(Cn4cc(CNC(=O)O)cn4)cc(OC)c23)c1. The van der Waals surface area contributed by atoms with Crippen LogP contribution in [0.3, 0.4) is 0 Å². The van der Waals surface area contributed by atoms with Crippen LogP contribution in [0.15, 0.2) is 52.1 Å². The molecule has 0 aliphatic rings. The van der Waals surface area contributed by atoms with Crippen molar-refractivity contribution in [1.29, 1.82) is 0 Å². The zero-order chi connectivity index (χ0) is 25.9. The van der Waals surface area contributed by atoms with E-state index in [2.05, 4.69) is 20.3 Å². The van der Waals surface area contributed by atoms with Crippen molar-refractivity contribution >= 4 is 32.9 Å². The highest BCUT2D eigenvalue weighted by Gasteiger charge is 2.25. The molecule has 36 heavy (non-hydrogen) atoms. The normalized spacial score (nSPS) is 11.4. The number of fused-ring (bicyclic) bond motifs is 1. The van der Waals surface area contributed by atoms with Crippen LogP contribution in [0.5, 0.6) is 11.5 Å². The molecule has 0 fully saturated rings. The van der Waals surface area contributed by atoms with Crippen molar-refractivity contribution in [3.63, 3.8) is 0 Å². The number of sulfonamides is 1. The summed E-state index contributed by atoms with van der Waals surface area (Å²) >= 11 is 0. The maximum atomic E-state index is 13.2. The molecule has 13 heteroatoms. The van der Waals surface area contributed by atoms with Crippen LogP contribution in [0.2, 0.25) is 0 Å². The number of carbonyl (C=O) groups is 1. The van der Waals surface area contributed by atoms with Crippen molar-refractivity contribution < 1.29 is 32.3 Å². The van der Waals surface area contributed by atoms with Gasteiger partial charge >= 0.3 is 6.09 Å². The third-order valence-corrected chi connectivity index (χ3v) is 6.81. The quantitative estimate of drug-likeness (QED) is 0.288. The summed E-state index contributed by atoms with van der Waals surface area (Å²) in [4.78, 5) is 10.7. The van der Waals surface area contributed by atoms with Crippen molar-refractivity contribution in [3.8, 4) is 11.5 Å². The van der Waals surface area contributed by atoms with Gasteiger partial charge < -0.3 is 24.4 Å². The molecule has 4 aromatic rings. The number of hydrogen-bond donors (Lipinski definition) is 3. The Balaban J connectivity index is 1.63. The first-order valence-corrected chi connectivity index (χ1v) is 12.4. The Kier molecular flexibility index (Phi) is 7.01. The fraction of sp³-hybridized carbons (Fsp3) is 0.261. The lowest BCUT2D eigenvalue weighted by Gasteiger charge is -2.12. The Bertz CT molecular complexity index is 1510. The number of nitrogens with zero attached hydrogens (tertiary/aromatic N) is 3. The molecule has 0 bridgehead atoms. The molecule has 0 saturated carbocycles. The van der Waals surface area contributed by atoms with Crippen LogP contribution in [-0.4, -0.2) is 48.8 Å². The smallest absolute Gasteiger partial charge is 0.404 e. The second-order valence-corrected chi connectivity index (χ2v) is 9.50. The molecule has 12 nitrogen and oxygen atoms in total. The molecule has 0 atom stereocenters. The average molecular weight is 516 g/mol. The fourth-order valence-electron chi connectivity index (χ4n) is 3.69. The van der Waals surface area contributed by atoms with Crippen LogP contribution in [-0.2, 0) is 29.5 Å². The van der Waals surface area contributed by atoms with Gasteiger partial charge in [0.1, 0.15) is 21.8 Å². The number of hydrogen-bond acceptors (Lipinski definition) is 8. The predicted molar refractivity (Wildman–Crippen MR) is 130 cm³/mol. The lowest BCUT2D eigenvalue weighted by atomic mass is 10.1. The van der Waals surface area contributed by atoms with E-state index < -0.39 is 16.1 Å². The molecule has 0 spiro atoms. The second-order valence-electron chi connectivity index (χ2n) is 7.85. The fourth-order valence-corrected chi connectivity index (χ4v) is 4.92. The third kappa shape index (κ3) is 5.20. The Morgan fingerprint density at radius 2 is 1.89 bits per heavy atom. The minimum Gasteiger partial charge on any atom is -0.496 e. The molecule has 2 aromatic carbocycles. The van der Waals surface area contributed by atoms with Gasteiger partial charge in [0.05, 0.1) is 27.0 Å². The molecule has 0 aliphatic heterocycles. The molecule has 0 unspecified atom stereocenters. The number of anilines is 1. The molecule has 3 N–H and O–H groups in total. The zero-order valence-corrected chi connectivity index (χ0v) is 20.6. The number of benzene rings is 2. The van der Waals surface area contributed by atoms with Crippen molar-refractivity contribution in [2.45, 2.75) is 31.3 Å². The molecule has 4 rings (SSSR count). The van der Waals surface area contributed by atoms with Gasteiger partial charge in [-0.05, 0) is 41.8 Å². The highest BCUT2D eigenvalue weighted by Crippen LogP contribution is 2.36. The van der Waals surface area contributed by atoms with Crippen LogP contribution in [0, 0.1) is 0 Å². The summed E-state index contributed by atoms with van der Waals surface area (Å²) in [6.07, 6.45) is 2.81. The maximum absolute atomic E-state index is 13.2. The van der Waals surface area contributed by atoms with E-state index in [1.54, 1.807) is 47.4 Å². The molecule has 2 aromatic heterocycles. The zero-order valence-electron chi connectivity index (χ0n) is 19.8. The van der Waals surface area contributed by atoms with Gasteiger partial charge in [0.15, 0.2) is 11.4 Å². The standard InChI is InChI=1S/C23H25N5O7S/c1-4-14-5-6-17(33-2)20(9-14)36(31,32)27-22-21-18(34-3)7-15(8-19(21)35-26-22)12-28-13-16(11-25-28)10-24-23(29)30/h5-9,11,13,24H,4,10,12H2,1-3H3,(H,26,27)(H,29,30). The number of rotatable bonds is 10. The van der Waals surface area contributed by atoms with Crippen molar-refractivity contribution in [2.24, 2.45) is 0 Å². The van der Waals surface area contributed by atoms with E-state index in [1.807, 2.05) is 6.92 Å². The topological polar surface area (TPSA) is 158 Å². The summed E-state index contributed by atoms with van der Waals surface area (Å²) in [6.45, 7) is 2.40. The number of ether oxygens (including phenoxy) is 2. The molecular weight excluding hydrogens is 490 g/mol. The first-order valence-electron chi connectivity index (χ1n) is 10.9. The van der Waals surface area contributed by atoms with Gasteiger partial charge in [-0.3, -0.25) is 9.40 Å². The van der Waals surface area contributed by atoms with E-state index in [4.69, 9.17) is 19.1 Å². The molecule has 0 saturated heterocycles. The third-order valence-electron chi connectivity index (χ3n) is 5.45. The minimum absolute atomic E-state index is 0.0111. The van der Waals surface area contributed by atoms with Gasteiger partial charge in [0, 0.05) is 18.3 Å². The summed E-state index contributed by atoms with van der Waals surface area (Å²) in [5.41, 5.74) is 2.60. The lowest BCUT2D eigenvalue weighted by molar-refractivity contribution is 0.194. The summed E-state index contributed by atoms with van der Waals surface area (Å²) in [5.74, 6) is 0.549. The second kappa shape index (κ2) is 10.2. The first kappa shape index (κ1) is 24.9. The predicted octanol–water partition coefficient (Wildman–Crippen LogP) is 3.22. The summed E-state index contributed by atoms with van der Waals surface area (Å²) < 4.78 is 46.8. The van der Waals surface area contributed by atoms with Gasteiger partial charge in [-0.25, -0.2) is 13.2 Å². The van der Waals surface area contributed by atoms with E-state index in [0.29, 0.717) is 35.2 Å². The molecule has 0 aliphatic carbocycles. The minimum atomic E-state index is -4.06. The van der Waals surface area contributed by atoms with Gasteiger partial charge in [-0.1, -0.05) is 18.1 Å². The van der Waals surface area contributed by atoms with Crippen LogP contribution in [0.1, 0.15) is 23.6 Å². The van der Waals surface area contributed by atoms with Crippen LogP contribution >= 0.6 is 0 Å². The van der Waals surface area contributed by atoms with Gasteiger partial charge in [-0.15, -0.1) is 0 Å². The van der Waals surface area contributed by atoms with Crippen LogP contribution in [0.4, 0.5) is 10.6 Å². The largest absolute Gasteiger partial charge is 0.496 e. The van der Waals surface area contributed by atoms with Crippen molar-refractivity contribution in [3.05, 3.63) is 59.4 Å². The van der Waals surface area contributed by atoms with Crippen LogP contribution < -0.4 is 19.5 Å².